The summed E-state index contributed by atoms with van der Waals surface area (Å²) in [7, 11) is 1.39. The lowest BCUT2D eigenvalue weighted by molar-refractivity contribution is -0.384. The molecule has 45 heavy (non-hydrogen) atoms. The van der Waals surface area contributed by atoms with Gasteiger partial charge in [-0.05, 0) is 98.4 Å². The van der Waals surface area contributed by atoms with Gasteiger partial charge in [-0.2, -0.15) is 0 Å². The number of hydrogen-bond donors (Lipinski definition) is 1. The number of pyridine rings is 1. The van der Waals surface area contributed by atoms with E-state index in [0.29, 0.717) is 10.7 Å². The topological polar surface area (TPSA) is 103 Å². The summed E-state index contributed by atoms with van der Waals surface area (Å²) in [5, 5.41) is 15.1. The summed E-state index contributed by atoms with van der Waals surface area (Å²) in [6.07, 6.45) is 1.78. The van der Waals surface area contributed by atoms with E-state index >= 15 is 0 Å². The van der Waals surface area contributed by atoms with E-state index < -0.39 is 10.9 Å². The molecule has 0 spiro atoms. The molecule has 0 amide bonds. The number of methoxy groups -OCH3 is 1. The van der Waals surface area contributed by atoms with Gasteiger partial charge in [0.05, 0.1) is 41.1 Å². The fourth-order valence-corrected chi connectivity index (χ4v) is 6.97. The van der Waals surface area contributed by atoms with Gasteiger partial charge in [0.1, 0.15) is 0 Å². The Morgan fingerprint density at radius 3 is 2.29 bits per heavy atom. The Hall–Kier alpha value is -5.00. The molecule has 6 rings (SSSR count). The lowest BCUT2D eigenvalue weighted by atomic mass is 9.96. The predicted octanol–water partition coefficient (Wildman–Crippen LogP) is 7.51. The smallest absolute Gasteiger partial charge is 0.339 e. The molecular weight excluding hydrogens is 607 g/mol. The number of ether oxygens (including phenoxy) is 1. The third-order valence-electron chi connectivity index (χ3n) is 7.84. The van der Waals surface area contributed by atoms with E-state index in [2.05, 4.69) is 32.8 Å². The molecule has 1 aliphatic heterocycles. The van der Waals surface area contributed by atoms with Crippen LogP contribution in [-0.2, 0) is 4.74 Å². The van der Waals surface area contributed by atoms with Gasteiger partial charge < -0.3 is 19.5 Å². The number of nitrogens with zero attached hydrogens (tertiary/aromatic N) is 4. The fourth-order valence-electron chi connectivity index (χ4n) is 5.80. The van der Waals surface area contributed by atoms with Crippen molar-refractivity contribution >= 4 is 46.4 Å². The number of aryl methyl sites for hydroxylation is 1. The van der Waals surface area contributed by atoms with Crippen LogP contribution in [0.5, 0.6) is 0 Å². The quantitative estimate of drug-likeness (QED) is 0.0803. The number of nitrogens with one attached hydrogen (secondary N) is 1. The van der Waals surface area contributed by atoms with Crippen molar-refractivity contribution in [3.8, 4) is 5.69 Å². The molecular formula is C34H29N5O4S2. The summed E-state index contributed by atoms with van der Waals surface area (Å²) in [4.78, 5) is 32.0. The van der Waals surface area contributed by atoms with Crippen LogP contribution < -0.4 is 10.2 Å². The van der Waals surface area contributed by atoms with Crippen molar-refractivity contribution in [1.29, 1.82) is 0 Å². The third-order valence-corrected chi connectivity index (χ3v) is 9.17. The van der Waals surface area contributed by atoms with Gasteiger partial charge in [0.2, 0.25) is 0 Å². The van der Waals surface area contributed by atoms with Crippen LogP contribution in [0, 0.1) is 24.0 Å². The van der Waals surface area contributed by atoms with Crippen molar-refractivity contribution < 1.29 is 14.5 Å². The van der Waals surface area contributed by atoms with E-state index in [1.807, 2.05) is 67.6 Å². The first-order chi connectivity index (χ1) is 21.8. The molecule has 0 aliphatic carbocycles. The number of thiocarbonyl (C=S) groups is 1. The lowest BCUT2D eigenvalue weighted by Gasteiger charge is -2.28. The van der Waals surface area contributed by atoms with Crippen LogP contribution in [0.15, 0.2) is 113 Å². The summed E-state index contributed by atoms with van der Waals surface area (Å²) in [5.74, 6) is -0.400. The highest BCUT2D eigenvalue weighted by Crippen LogP contribution is 2.44. The third kappa shape index (κ3) is 5.79. The Labute approximate surface area is 270 Å². The second-order valence-corrected chi connectivity index (χ2v) is 12.0. The van der Waals surface area contributed by atoms with Gasteiger partial charge in [0, 0.05) is 45.2 Å². The second-order valence-electron chi connectivity index (χ2n) is 10.5. The minimum Gasteiger partial charge on any atom is -0.465 e. The number of carbonyl (C=O) groups is 1. The molecule has 11 heteroatoms. The highest BCUT2D eigenvalue weighted by molar-refractivity contribution is 7.99. The Bertz CT molecular complexity index is 1890. The number of anilines is 1. The molecule has 0 radical (unpaired) electrons. The minimum absolute atomic E-state index is 0.0615. The summed E-state index contributed by atoms with van der Waals surface area (Å²) in [6.45, 7) is 4.07. The number of hydrogen-bond acceptors (Lipinski definition) is 7. The zero-order chi connectivity index (χ0) is 31.7. The molecule has 5 aromatic rings. The van der Waals surface area contributed by atoms with E-state index in [4.69, 9.17) is 17.0 Å². The fraction of sp³-hybridized carbons (Fsp3) is 0.147. The van der Waals surface area contributed by atoms with Gasteiger partial charge in [0.15, 0.2) is 5.11 Å². The number of rotatable bonds is 8. The number of non-ortho nitro benzene ring substituents is 1. The molecule has 2 aromatic heterocycles. The number of nitro benzene ring substituents is 1. The molecule has 1 N–H and O–H groups in total. The van der Waals surface area contributed by atoms with E-state index in [0.717, 1.165) is 43.8 Å². The highest BCUT2D eigenvalue weighted by atomic mass is 32.2. The summed E-state index contributed by atoms with van der Waals surface area (Å²) in [6, 6.07) is 29.5. The number of esters is 1. The lowest BCUT2D eigenvalue weighted by Crippen LogP contribution is -2.29. The van der Waals surface area contributed by atoms with Gasteiger partial charge in [-0.25, -0.2) is 4.79 Å². The summed E-state index contributed by atoms with van der Waals surface area (Å²) in [5.41, 5.74) is 6.02. The Morgan fingerprint density at radius 2 is 1.64 bits per heavy atom. The SMILES string of the molecule is COC(=O)c1ccccc1-n1c(C)cc(C2C(c3ccccn3)NC(=S)N2c2ccc(Sc3ccc([N+](=O)[O-])cc3)cc2)c1C. The molecule has 3 aromatic carbocycles. The molecule has 1 fully saturated rings. The van der Waals surface area contributed by atoms with Crippen molar-refractivity contribution in [3.05, 3.63) is 142 Å². The summed E-state index contributed by atoms with van der Waals surface area (Å²) >= 11 is 7.48. The van der Waals surface area contributed by atoms with E-state index in [1.54, 1.807) is 24.4 Å². The average Bonchev–Trinajstić information content (AvgIpc) is 3.55. The van der Waals surface area contributed by atoms with Gasteiger partial charge in [0.25, 0.3) is 5.69 Å². The van der Waals surface area contributed by atoms with Crippen molar-refractivity contribution in [3.63, 3.8) is 0 Å². The molecule has 1 aliphatic rings. The van der Waals surface area contributed by atoms with E-state index in [-0.39, 0.29) is 17.8 Å². The summed E-state index contributed by atoms with van der Waals surface area (Å²) < 4.78 is 7.17. The molecule has 0 bridgehead atoms. The van der Waals surface area contributed by atoms with Crippen molar-refractivity contribution in [2.45, 2.75) is 35.7 Å². The van der Waals surface area contributed by atoms with Gasteiger partial charge >= 0.3 is 5.97 Å². The maximum absolute atomic E-state index is 12.7. The van der Waals surface area contributed by atoms with Crippen LogP contribution in [-0.4, -0.2) is 32.7 Å². The van der Waals surface area contributed by atoms with Crippen molar-refractivity contribution in [1.82, 2.24) is 14.9 Å². The highest BCUT2D eigenvalue weighted by Gasteiger charge is 2.42. The number of aromatic nitrogens is 2. The zero-order valence-corrected chi connectivity index (χ0v) is 26.3. The van der Waals surface area contributed by atoms with E-state index in [1.165, 1.54) is 31.0 Å². The largest absolute Gasteiger partial charge is 0.465 e. The molecule has 2 atom stereocenters. The van der Waals surface area contributed by atoms with Crippen LogP contribution in [0.4, 0.5) is 11.4 Å². The molecule has 1 saturated heterocycles. The van der Waals surface area contributed by atoms with E-state index in [9.17, 15) is 14.9 Å². The van der Waals surface area contributed by atoms with Gasteiger partial charge in [-0.1, -0.05) is 30.0 Å². The monoisotopic (exact) mass is 635 g/mol. The van der Waals surface area contributed by atoms with Crippen molar-refractivity contribution in [2.75, 3.05) is 12.0 Å². The van der Waals surface area contributed by atoms with Crippen molar-refractivity contribution in [2.24, 2.45) is 0 Å². The average molecular weight is 636 g/mol. The van der Waals surface area contributed by atoms with Crippen LogP contribution in [0.2, 0.25) is 0 Å². The molecule has 3 heterocycles. The number of para-hydroxylation sites is 1. The molecule has 9 nitrogen and oxygen atoms in total. The predicted molar refractivity (Wildman–Crippen MR) is 178 cm³/mol. The Morgan fingerprint density at radius 1 is 0.978 bits per heavy atom. The number of nitro groups is 1. The van der Waals surface area contributed by atoms with Crippen LogP contribution >= 0.6 is 24.0 Å². The maximum Gasteiger partial charge on any atom is 0.339 e. The first kappa shape index (κ1) is 30.0. The Kier molecular flexibility index (Phi) is 8.38. The first-order valence-corrected chi connectivity index (χ1v) is 15.4. The van der Waals surface area contributed by atoms with Crippen LogP contribution in [0.25, 0.3) is 5.69 Å². The van der Waals surface area contributed by atoms with Crippen LogP contribution in [0.3, 0.4) is 0 Å². The Balaban J connectivity index is 1.40. The minimum atomic E-state index is -0.403. The normalized spacial score (nSPS) is 16.0. The molecule has 226 valence electrons. The number of carbonyl (C=O) groups excluding carboxylic acids is 1. The maximum atomic E-state index is 12.7. The molecule has 2 unspecified atom stereocenters. The number of benzene rings is 3. The van der Waals surface area contributed by atoms with Gasteiger partial charge in [-0.3, -0.25) is 15.1 Å². The zero-order valence-electron chi connectivity index (χ0n) is 24.7. The molecule has 0 saturated carbocycles. The van der Waals surface area contributed by atoms with Gasteiger partial charge in [-0.15, -0.1) is 0 Å². The standard InChI is InChI=1S/C34H29N5O4S2/c1-21-20-28(22(2)37(21)30-10-5-4-8-27(30)33(40)43-3)32-31(29-9-6-7-19-35-29)36-34(44)38(32)23-11-15-25(16-12-23)45-26-17-13-24(14-18-26)39(41)42/h4-20,31-32H,1-3H3,(H,36,44). The second kappa shape index (κ2) is 12.5. The van der Waals surface area contributed by atoms with Crippen LogP contribution in [0.1, 0.15) is 45.1 Å². The first-order valence-electron chi connectivity index (χ1n) is 14.2.